The zero-order chi connectivity index (χ0) is 35.1. The van der Waals surface area contributed by atoms with Crippen LogP contribution < -0.4 is 24.4 Å². The van der Waals surface area contributed by atoms with Crippen LogP contribution in [0.25, 0.3) is 0 Å². The van der Waals surface area contributed by atoms with Crippen LogP contribution in [0.1, 0.15) is 23.1 Å². The van der Waals surface area contributed by atoms with Crippen molar-refractivity contribution in [1.82, 2.24) is 4.98 Å². The zero-order valence-corrected chi connectivity index (χ0v) is 28.5. The van der Waals surface area contributed by atoms with Crippen LogP contribution in [0.5, 0.6) is 17.2 Å². The van der Waals surface area contributed by atoms with Crippen molar-refractivity contribution in [1.29, 1.82) is 0 Å². The third kappa shape index (κ3) is 5.14. The number of amides is 2. The van der Waals surface area contributed by atoms with E-state index in [0.717, 1.165) is 0 Å². The number of quaternary nitrogens is 1. The van der Waals surface area contributed by atoms with E-state index >= 15 is 8.42 Å². The fourth-order valence-electron chi connectivity index (χ4n) is 7.11. The molecule has 1 aromatic heterocycles. The van der Waals surface area contributed by atoms with Crippen LogP contribution in [0.4, 0.5) is 16.2 Å². The number of alkyl halides is 1. The highest BCUT2D eigenvalue weighted by atomic mass is 35.5. The molecule has 0 aliphatic carbocycles. The quantitative estimate of drug-likeness (QED) is 0.134. The lowest BCUT2D eigenvalue weighted by atomic mass is 9.80. The van der Waals surface area contributed by atoms with Gasteiger partial charge in [-0.1, -0.05) is 51.9 Å². The number of carboxylic acid groups (broad SMARTS) is 1. The van der Waals surface area contributed by atoms with Crippen LogP contribution >= 0.6 is 11.6 Å². The molecule has 3 heterocycles. The van der Waals surface area contributed by atoms with Gasteiger partial charge in [-0.2, -0.15) is 13.2 Å². The third-order valence-corrected chi connectivity index (χ3v) is 11.8. The lowest BCUT2D eigenvalue weighted by molar-refractivity contribution is -0.824. The molecule has 2 aliphatic rings. The van der Waals surface area contributed by atoms with E-state index in [1.165, 1.54) is 59.0 Å². The number of hydrogen-bond donors (Lipinski definition) is 2. The van der Waals surface area contributed by atoms with Crippen LogP contribution in [-0.2, 0) is 19.6 Å². The van der Waals surface area contributed by atoms with Gasteiger partial charge in [-0.15, -0.1) is 0 Å². The predicted octanol–water partition coefficient (Wildman–Crippen LogP) is 5.19. The van der Waals surface area contributed by atoms with Gasteiger partial charge in [-0.05, 0) is 42.0 Å². The molecule has 0 spiro atoms. The van der Waals surface area contributed by atoms with Gasteiger partial charge in [-0.25, -0.2) is 0 Å². The first-order valence-corrected chi connectivity index (χ1v) is 16.9. The van der Waals surface area contributed by atoms with E-state index in [4.69, 9.17) is 30.5 Å². The maximum atomic E-state index is 15.5. The van der Waals surface area contributed by atoms with Gasteiger partial charge in [0.1, 0.15) is 29.2 Å². The maximum Gasteiger partial charge on any atom is 0.532 e. The van der Waals surface area contributed by atoms with Crippen molar-refractivity contribution in [2.75, 3.05) is 38.7 Å². The molecule has 2 aliphatic heterocycles. The molecular weight excluding hydrogens is 676 g/mol. The smallest absolute Gasteiger partial charge is 0.497 e. The molecule has 4 aromatic rings. The minimum Gasteiger partial charge on any atom is -0.497 e. The summed E-state index contributed by atoms with van der Waals surface area (Å²) in [7, 11) is 0.110. The Labute approximate surface area is 288 Å². The molecule has 1 fully saturated rings. The first-order valence-electron chi connectivity index (χ1n) is 15.1. The van der Waals surface area contributed by atoms with Crippen molar-refractivity contribution in [2.45, 2.75) is 34.6 Å². The Morgan fingerprint density at radius 2 is 1.55 bits per heavy atom. The predicted molar refractivity (Wildman–Crippen MR) is 180 cm³/mol. The van der Waals surface area contributed by atoms with Gasteiger partial charge in [0.15, 0.2) is 16.4 Å². The molecule has 13 nitrogen and oxygen atoms in total. The first-order chi connectivity index (χ1) is 23.6. The van der Waals surface area contributed by atoms with Gasteiger partial charge in [0, 0.05) is 42.5 Å². The van der Waals surface area contributed by atoms with Crippen LogP contribution in [0.15, 0.2) is 96.2 Å². The van der Waals surface area contributed by atoms with E-state index in [0.29, 0.717) is 28.3 Å². The monoisotopic (exact) mass is 709 g/mol. The summed E-state index contributed by atoms with van der Waals surface area (Å²) < 4.78 is 51.7. The number of ether oxygens (including phenoxy) is 4. The summed E-state index contributed by atoms with van der Waals surface area (Å²) in [6, 6.07) is 17.9. The van der Waals surface area contributed by atoms with Crippen molar-refractivity contribution in [2.24, 2.45) is 0 Å². The molecule has 49 heavy (non-hydrogen) atoms. The Morgan fingerprint density at radius 3 is 2.18 bits per heavy atom. The molecule has 256 valence electrons. The molecule has 6 unspecified atom stereocenters. The van der Waals surface area contributed by atoms with E-state index in [1.54, 1.807) is 65.6 Å². The van der Waals surface area contributed by atoms with Gasteiger partial charge in [-0.3, -0.25) is 9.78 Å². The lowest BCUT2D eigenvalue weighted by Gasteiger charge is -2.56. The highest BCUT2D eigenvalue weighted by Crippen LogP contribution is 2.56. The number of para-hydroxylation sites is 2. The summed E-state index contributed by atoms with van der Waals surface area (Å²) in [5.74, 6) is -1.58. The molecule has 15 heteroatoms. The SMILES string of the molecule is COc1ccc(S(=O)(=O)[N+]2(C(=O)O)C(OC)C(Cl)N(c3ccncc3)C(c3ccccc3OC)C2C2C(=O)Nc3ccccc32)c(OC)c1. The number of nitrogens with one attached hydrogen (secondary N) is 1. The molecule has 3 aromatic carbocycles. The Kier molecular flexibility index (Phi) is 9.15. The number of anilines is 2. The summed E-state index contributed by atoms with van der Waals surface area (Å²) >= 11 is 7.32. The fourth-order valence-corrected chi connectivity index (χ4v) is 9.90. The van der Waals surface area contributed by atoms with Gasteiger partial charge >= 0.3 is 16.1 Å². The van der Waals surface area contributed by atoms with E-state index in [2.05, 4.69) is 10.3 Å². The topological polar surface area (TPSA) is 154 Å². The number of carbonyl (C=O) groups is 2. The third-order valence-electron chi connectivity index (χ3n) is 9.13. The second-order valence-corrected chi connectivity index (χ2v) is 13.8. The Morgan fingerprint density at radius 1 is 0.898 bits per heavy atom. The molecule has 6 rings (SSSR count). The largest absolute Gasteiger partial charge is 0.532 e. The minimum absolute atomic E-state index is 0.181. The van der Waals surface area contributed by atoms with Crippen molar-refractivity contribution in [3.05, 3.63) is 102 Å². The van der Waals surface area contributed by atoms with Gasteiger partial charge in [0.25, 0.3) is 6.23 Å². The number of pyridine rings is 1. The first kappa shape index (κ1) is 34.0. The van der Waals surface area contributed by atoms with Crippen molar-refractivity contribution in [3.63, 3.8) is 0 Å². The highest BCUT2D eigenvalue weighted by Gasteiger charge is 2.74. The van der Waals surface area contributed by atoms with E-state index < -0.39 is 60.5 Å². The van der Waals surface area contributed by atoms with E-state index in [-0.39, 0.29) is 11.5 Å². The van der Waals surface area contributed by atoms with Crippen molar-refractivity contribution >= 4 is 45.0 Å². The second-order valence-electron chi connectivity index (χ2n) is 11.3. The highest BCUT2D eigenvalue weighted by molar-refractivity contribution is 7.86. The Hall–Kier alpha value is -4.89. The standard InChI is InChI=1S/C34H33ClN4O9S/c1-45-21-13-14-27(26(19-21)47-3)49(43,44)39(34(41)42)30(28-22-9-5-7-11-24(22)37-32(28)40)29(23-10-6-8-12-25(23)46-2)38(31(35)33(39)48-4)20-15-17-36-18-16-20/h5-19,28-31,33H,1-4H3,(H-,37,40,41,42)/p+1. The van der Waals surface area contributed by atoms with Gasteiger partial charge in [0.2, 0.25) is 5.91 Å². The average Bonchev–Trinajstić information content (AvgIpc) is 3.45. The summed E-state index contributed by atoms with van der Waals surface area (Å²) in [5, 5.41) is 14.4. The molecule has 0 radical (unpaired) electrons. The molecule has 2 N–H and O–H groups in total. The molecule has 1 saturated heterocycles. The number of aromatic nitrogens is 1. The Bertz CT molecular complexity index is 2000. The number of carbonyl (C=O) groups excluding carboxylic acids is 1. The summed E-state index contributed by atoms with van der Waals surface area (Å²) in [6.45, 7) is 0. The van der Waals surface area contributed by atoms with Gasteiger partial charge in [0.05, 0.1) is 21.3 Å². The number of hydrogen-bond acceptors (Lipinski definition) is 10. The van der Waals surface area contributed by atoms with Crippen LogP contribution in [0, 0.1) is 0 Å². The molecular formula is C34H34ClN4O9S+. The number of benzene rings is 3. The number of halogens is 1. The minimum atomic E-state index is -5.18. The van der Waals surface area contributed by atoms with E-state index in [1.807, 2.05) is 0 Å². The number of sulfonamides is 1. The fraction of sp³-hybridized carbons (Fsp3) is 0.265. The van der Waals surface area contributed by atoms with Crippen LogP contribution in [0.3, 0.4) is 0 Å². The number of methoxy groups -OCH3 is 4. The van der Waals surface area contributed by atoms with Crippen LogP contribution in [0.2, 0.25) is 0 Å². The van der Waals surface area contributed by atoms with Crippen LogP contribution in [-0.4, -0.2) is 80.6 Å². The number of piperazine rings is 1. The second kappa shape index (κ2) is 13.2. The number of nitrogens with zero attached hydrogens (tertiary/aromatic N) is 3. The zero-order valence-electron chi connectivity index (χ0n) is 26.9. The summed E-state index contributed by atoms with van der Waals surface area (Å²) in [5.41, 5.74) is 0.192. The number of rotatable bonds is 9. The van der Waals surface area contributed by atoms with Gasteiger partial charge < -0.3 is 34.3 Å². The van der Waals surface area contributed by atoms with Crippen molar-refractivity contribution in [3.8, 4) is 17.2 Å². The molecule has 0 saturated carbocycles. The normalized spacial score (nSPS) is 24.9. The molecule has 2 amide bonds. The molecule has 0 bridgehead atoms. The summed E-state index contributed by atoms with van der Waals surface area (Å²) in [6.07, 6.45) is -0.605. The number of fused-ring (bicyclic) bond motifs is 1. The van der Waals surface area contributed by atoms with Crippen molar-refractivity contribution < 1.29 is 45.9 Å². The average molecular weight is 710 g/mol. The van der Waals surface area contributed by atoms with E-state index in [9.17, 15) is 14.7 Å². The maximum absolute atomic E-state index is 15.5. The Balaban J connectivity index is 1.80. The summed E-state index contributed by atoms with van der Waals surface area (Å²) in [4.78, 5) is 33.9. The lowest BCUT2D eigenvalue weighted by Crippen LogP contribution is -2.79. The molecule has 6 atom stereocenters.